The maximum atomic E-state index is 10.9. The van der Waals surface area contributed by atoms with Crippen molar-refractivity contribution in [3.05, 3.63) is 46.1 Å². The molecule has 0 saturated carbocycles. The highest BCUT2D eigenvalue weighted by Crippen LogP contribution is 2.20. The molecule has 2 heterocycles. The van der Waals surface area contributed by atoms with Gasteiger partial charge in [0.1, 0.15) is 13.1 Å². The van der Waals surface area contributed by atoms with E-state index in [-0.39, 0.29) is 10.6 Å². The third-order valence-corrected chi connectivity index (χ3v) is 4.84. The largest absolute Gasteiger partial charge is 0.377 e. The molecule has 2 saturated heterocycles. The lowest BCUT2D eigenvalue weighted by Crippen LogP contribution is -2.26. The number of hydrogen-bond donors (Lipinski definition) is 0. The number of nitrogens with zero attached hydrogens (tertiary/aromatic N) is 3. The summed E-state index contributed by atoms with van der Waals surface area (Å²) in [5.74, 6) is 0. The second-order valence-corrected chi connectivity index (χ2v) is 6.71. The van der Waals surface area contributed by atoms with Gasteiger partial charge in [-0.05, 0) is 43.4 Å². The highest BCUT2D eigenvalue weighted by molar-refractivity contribution is 6.07. The van der Waals surface area contributed by atoms with Crippen molar-refractivity contribution in [2.24, 2.45) is 0 Å². The van der Waals surface area contributed by atoms with Crippen LogP contribution in [-0.2, 0) is 0 Å². The van der Waals surface area contributed by atoms with E-state index >= 15 is 0 Å². The molecule has 5 heteroatoms. The number of allylic oxidation sites excluding steroid dienone is 1. The summed E-state index contributed by atoms with van der Waals surface area (Å²) in [5, 5.41) is 10.9. The second-order valence-electron chi connectivity index (χ2n) is 6.71. The minimum Gasteiger partial charge on any atom is -0.377 e. The zero-order valence-electron chi connectivity index (χ0n) is 14.2. The molecule has 2 aliphatic heterocycles. The number of benzene rings is 1. The van der Waals surface area contributed by atoms with Gasteiger partial charge in [-0.2, -0.15) is 0 Å². The van der Waals surface area contributed by atoms with E-state index < -0.39 is 0 Å². The van der Waals surface area contributed by atoms with Gasteiger partial charge in [0.15, 0.2) is 6.21 Å². The number of likely N-dealkylation sites (tertiary alicyclic amines) is 1. The van der Waals surface area contributed by atoms with Crippen molar-refractivity contribution in [3.63, 3.8) is 0 Å². The molecule has 2 aliphatic rings. The van der Waals surface area contributed by atoms with Gasteiger partial charge in [-0.15, -0.1) is 0 Å². The topological polar surface area (TPSA) is 49.4 Å². The molecule has 0 aromatic heterocycles. The summed E-state index contributed by atoms with van der Waals surface area (Å²) in [6, 6.07) is 6.94. The normalized spacial score (nSPS) is 19.2. The van der Waals surface area contributed by atoms with E-state index in [4.69, 9.17) is 0 Å². The van der Waals surface area contributed by atoms with Crippen LogP contribution in [0.5, 0.6) is 0 Å². The number of hydrogen-bond acceptors (Lipinski definition) is 3. The average molecular weight is 328 g/mol. The monoisotopic (exact) mass is 328 g/mol. The van der Waals surface area contributed by atoms with Crippen LogP contribution >= 0.6 is 0 Å². The van der Waals surface area contributed by atoms with Crippen LogP contribution in [0.3, 0.4) is 0 Å². The van der Waals surface area contributed by atoms with Gasteiger partial charge in [-0.1, -0.05) is 0 Å². The Labute approximate surface area is 143 Å². The minimum atomic E-state index is -0.341. The van der Waals surface area contributed by atoms with Crippen LogP contribution < -0.4 is 0 Å². The highest BCUT2D eigenvalue weighted by Gasteiger charge is 2.15. The summed E-state index contributed by atoms with van der Waals surface area (Å²) in [4.78, 5) is 12.9. The fourth-order valence-corrected chi connectivity index (χ4v) is 3.45. The number of piperidine rings is 2. The molecule has 0 radical (unpaired) electrons. The second kappa shape index (κ2) is 8.08. The lowest BCUT2D eigenvalue weighted by atomic mass is 10.1. The maximum absolute atomic E-state index is 10.9. The van der Waals surface area contributed by atoms with Gasteiger partial charge in [0, 0.05) is 44.3 Å². The molecule has 0 N–H and O–H groups in total. The fourth-order valence-electron chi connectivity index (χ4n) is 3.45. The van der Waals surface area contributed by atoms with Gasteiger partial charge in [0.05, 0.1) is 10.5 Å². The summed E-state index contributed by atoms with van der Waals surface area (Å²) in [6.07, 6.45) is 12.1. The zero-order chi connectivity index (χ0) is 16.8. The molecule has 2 fully saturated rings. The SMILES string of the molecule is O=[N+]([O-])c1ccc(/C(C=[N+]2CCCCC2)=C\N2CCCCC2)cc1. The first-order valence-electron chi connectivity index (χ1n) is 9.02. The summed E-state index contributed by atoms with van der Waals surface area (Å²) in [6.45, 7) is 4.41. The molecule has 24 heavy (non-hydrogen) atoms. The molecule has 0 bridgehead atoms. The number of rotatable bonds is 4. The molecule has 0 amide bonds. The lowest BCUT2D eigenvalue weighted by Gasteiger charge is -2.25. The maximum Gasteiger partial charge on any atom is 0.269 e. The first-order chi connectivity index (χ1) is 11.7. The van der Waals surface area contributed by atoms with Gasteiger partial charge in [0.25, 0.3) is 5.69 Å². The van der Waals surface area contributed by atoms with Gasteiger partial charge >= 0.3 is 0 Å². The molecule has 128 valence electrons. The van der Waals surface area contributed by atoms with Crippen LogP contribution in [0, 0.1) is 10.1 Å². The zero-order valence-corrected chi connectivity index (χ0v) is 14.2. The van der Waals surface area contributed by atoms with E-state index in [0.717, 1.165) is 37.3 Å². The first kappa shape index (κ1) is 16.7. The molecule has 3 rings (SSSR count). The summed E-state index contributed by atoms with van der Waals surface area (Å²) >= 11 is 0. The number of nitro benzene ring substituents is 1. The molecular formula is C19H26N3O2+. The Hall–Kier alpha value is -2.17. The van der Waals surface area contributed by atoms with E-state index in [2.05, 4.69) is 21.9 Å². The van der Waals surface area contributed by atoms with E-state index in [0.29, 0.717) is 0 Å². The Balaban J connectivity index is 1.88. The predicted molar refractivity (Wildman–Crippen MR) is 96.4 cm³/mol. The summed E-state index contributed by atoms with van der Waals surface area (Å²) < 4.78 is 2.39. The van der Waals surface area contributed by atoms with E-state index in [1.165, 1.54) is 38.5 Å². The smallest absolute Gasteiger partial charge is 0.269 e. The van der Waals surface area contributed by atoms with Gasteiger partial charge in [0.2, 0.25) is 0 Å². The van der Waals surface area contributed by atoms with E-state index in [1.807, 2.05) is 12.1 Å². The van der Waals surface area contributed by atoms with Crippen LogP contribution in [0.2, 0.25) is 0 Å². The first-order valence-corrected chi connectivity index (χ1v) is 9.02. The van der Waals surface area contributed by atoms with Crippen LogP contribution in [0.4, 0.5) is 5.69 Å². The van der Waals surface area contributed by atoms with Crippen molar-refractivity contribution in [2.75, 3.05) is 26.2 Å². The van der Waals surface area contributed by atoms with Crippen LogP contribution in [0.1, 0.15) is 44.1 Å². The number of non-ortho nitro benzene ring substituents is 1. The van der Waals surface area contributed by atoms with Crippen molar-refractivity contribution in [2.45, 2.75) is 38.5 Å². The Morgan fingerprint density at radius 1 is 1.00 bits per heavy atom. The minimum absolute atomic E-state index is 0.147. The quantitative estimate of drug-likeness (QED) is 0.481. The molecular weight excluding hydrogens is 302 g/mol. The van der Waals surface area contributed by atoms with E-state index in [1.54, 1.807) is 12.1 Å². The predicted octanol–water partition coefficient (Wildman–Crippen LogP) is 3.69. The Morgan fingerprint density at radius 3 is 2.25 bits per heavy atom. The van der Waals surface area contributed by atoms with Crippen LogP contribution in [0.15, 0.2) is 30.5 Å². The standard InChI is InChI=1S/C19H26N3O2/c23-22(24)19-9-7-17(8-10-19)18(15-20-11-3-1-4-12-20)16-21-13-5-2-6-14-21/h7-10,15-16H,1-6,11-14H2/q+1. The molecule has 5 nitrogen and oxygen atoms in total. The van der Waals surface area contributed by atoms with E-state index in [9.17, 15) is 10.1 Å². The lowest BCUT2D eigenvalue weighted by molar-refractivity contribution is -0.531. The molecule has 0 aliphatic carbocycles. The van der Waals surface area contributed by atoms with Crippen molar-refractivity contribution in [3.8, 4) is 0 Å². The molecule has 0 unspecified atom stereocenters. The highest BCUT2D eigenvalue weighted by atomic mass is 16.6. The van der Waals surface area contributed by atoms with Crippen molar-refractivity contribution >= 4 is 17.5 Å². The van der Waals surface area contributed by atoms with Gasteiger partial charge in [-0.3, -0.25) is 10.1 Å². The third kappa shape index (κ3) is 4.43. The van der Waals surface area contributed by atoms with Crippen molar-refractivity contribution in [1.82, 2.24) is 4.90 Å². The molecule has 1 aromatic carbocycles. The molecule has 1 aromatic rings. The number of nitro groups is 1. The van der Waals surface area contributed by atoms with Crippen LogP contribution in [-0.4, -0.2) is 46.8 Å². The average Bonchev–Trinajstić information content (AvgIpc) is 2.63. The van der Waals surface area contributed by atoms with Gasteiger partial charge < -0.3 is 4.90 Å². The fraction of sp³-hybridized carbons (Fsp3) is 0.526. The van der Waals surface area contributed by atoms with Crippen molar-refractivity contribution in [1.29, 1.82) is 0 Å². The van der Waals surface area contributed by atoms with Crippen molar-refractivity contribution < 1.29 is 9.50 Å². The molecule has 0 spiro atoms. The molecule has 0 atom stereocenters. The van der Waals surface area contributed by atoms with Gasteiger partial charge in [-0.25, -0.2) is 4.58 Å². The Bertz CT molecular complexity index is 621. The Kier molecular flexibility index (Phi) is 5.62. The summed E-state index contributed by atoms with van der Waals surface area (Å²) in [7, 11) is 0. The summed E-state index contributed by atoms with van der Waals surface area (Å²) in [5.41, 5.74) is 2.36. The third-order valence-electron chi connectivity index (χ3n) is 4.84. The van der Waals surface area contributed by atoms with Crippen LogP contribution in [0.25, 0.3) is 5.57 Å². The Morgan fingerprint density at radius 2 is 1.62 bits per heavy atom.